The first-order valence-electron chi connectivity index (χ1n) is 5.57. The molecule has 0 aliphatic carbocycles. The summed E-state index contributed by atoms with van der Waals surface area (Å²) in [6, 6.07) is 0. The van der Waals surface area contributed by atoms with Gasteiger partial charge in [0.15, 0.2) is 0 Å². The van der Waals surface area contributed by atoms with E-state index in [4.69, 9.17) is 4.74 Å². The van der Waals surface area contributed by atoms with Gasteiger partial charge in [-0.2, -0.15) is 0 Å². The monoisotopic (exact) mass is 200 g/mol. The second-order valence-corrected chi connectivity index (χ2v) is 5.02. The minimum Gasteiger partial charge on any atom is -0.460 e. The number of carbonyl (C=O) groups excluding carboxylic acids is 1. The Morgan fingerprint density at radius 1 is 1.29 bits per heavy atom. The smallest absolute Gasteiger partial charge is 0.306 e. The summed E-state index contributed by atoms with van der Waals surface area (Å²) in [4.78, 5) is 11.3. The lowest BCUT2D eigenvalue weighted by molar-refractivity contribution is -0.155. The van der Waals surface area contributed by atoms with Gasteiger partial charge in [0, 0.05) is 6.42 Å². The molecule has 84 valence electrons. The molecule has 0 saturated carbocycles. The summed E-state index contributed by atoms with van der Waals surface area (Å²) in [5.41, 5.74) is -0.342. The summed E-state index contributed by atoms with van der Waals surface area (Å²) in [7, 11) is 0. The standard InChI is InChI=1S/C12H24O2/c1-6-7-10(2)8-9-11(13)14-12(3,4)5/h10H,6-9H2,1-5H3. The summed E-state index contributed by atoms with van der Waals surface area (Å²) in [5, 5.41) is 0. The fourth-order valence-corrected chi connectivity index (χ4v) is 1.39. The Labute approximate surface area is 88.0 Å². The summed E-state index contributed by atoms with van der Waals surface area (Å²) >= 11 is 0. The zero-order chi connectivity index (χ0) is 11.2. The molecule has 0 amide bonds. The molecule has 0 saturated heterocycles. The van der Waals surface area contributed by atoms with Crippen LogP contribution in [0.3, 0.4) is 0 Å². The lowest BCUT2D eigenvalue weighted by atomic mass is 10.0. The van der Waals surface area contributed by atoms with Gasteiger partial charge in [-0.05, 0) is 33.1 Å². The van der Waals surface area contributed by atoms with Crippen molar-refractivity contribution in [1.82, 2.24) is 0 Å². The van der Waals surface area contributed by atoms with Crippen molar-refractivity contribution >= 4 is 5.97 Å². The van der Waals surface area contributed by atoms with Crippen LogP contribution in [0, 0.1) is 5.92 Å². The fraction of sp³-hybridized carbons (Fsp3) is 0.917. The Kier molecular flexibility index (Phi) is 5.82. The summed E-state index contributed by atoms with van der Waals surface area (Å²) in [5.74, 6) is 0.563. The number of hydrogen-bond donors (Lipinski definition) is 0. The van der Waals surface area contributed by atoms with E-state index in [0.717, 1.165) is 6.42 Å². The first-order chi connectivity index (χ1) is 6.35. The Balaban J connectivity index is 3.64. The quantitative estimate of drug-likeness (QED) is 0.634. The maximum absolute atomic E-state index is 11.3. The lowest BCUT2D eigenvalue weighted by Gasteiger charge is -2.20. The molecule has 0 bridgehead atoms. The molecule has 0 N–H and O–H groups in total. The molecule has 0 spiro atoms. The van der Waals surface area contributed by atoms with Gasteiger partial charge in [0.05, 0.1) is 0 Å². The number of hydrogen-bond acceptors (Lipinski definition) is 2. The highest BCUT2D eigenvalue weighted by molar-refractivity contribution is 5.69. The van der Waals surface area contributed by atoms with Gasteiger partial charge in [0.2, 0.25) is 0 Å². The van der Waals surface area contributed by atoms with E-state index in [0.29, 0.717) is 12.3 Å². The van der Waals surface area contributed by atoms with Gasteiger partial charge in [0.25, 0.3) is 0 Å². The van der Waals surface area contributed by atoms with E-state index in [9.17, 15) is 4.79 Å². The SMILES string of the molecule is CCCC(C)CCC(=O)OC(C)(C)C. The molecule has 0 aromatic carbocycles. The lowest BCUT2D eigenvalue weighted by Crippen LogP contribution is -2.23. The van der Waals surface area contributed by atoms with E-state index in [1.807, 2.05) is 20.8 Å². The molecule has 0 aliphatic heterocycles. The summed E-state index contributed by atoms with van der Waals surface area (Å²) < 4.78 is 5.23. The van der Waals surface area contributed by atoms with Crippen LogP contribution in [0.1, 0.15) is 60.3 Å². The average molecular weight is 200 g/mol. The molecule has 14 heavy (non-hydrogen) atoms. The van der Waals surface area contributed by atoms with Gasteiger partial charge in [-0.1, -0.05) is 26.7 Å². The topological polar surface area (TPSA) is 26.3 Å². The van der Waals surface area contributed by atoms with Crippen LogP contribution in [0.5, 0.6) is 0 Å². The van der Waals surface area contributed by atoms with Crippen molar-refractivity contribution in [1.29, 1.82) is 0 Å². The second kappa shape index (κ2) is 6.05. The maximum atomic E-state index is 11.3. The Hall–Kier alpha value is -0.530. The van der Waals surface area contributed by atoms with Crippen LogP contribution in [0.4, 0.5) is 0 Å². The average Bonchev–Trinajstić information content (AvgIpc) is 1.98. The van der Waals surface area contributed by atoms with Crippen LogP contribution in [-0.4, -0.2) is 11.6 Å². The first-order valence-corrected chi connectivity index (χ1v) is 5.57. The molecule has 0 aromatic heterocycles. The predicted molar refractivity (Wildman–Crippen MR) is 59.2 cm³/mol. The second-order valence-electron chi connectivity index (χ2n) is 5.02. The third-order valence-corrected chi connectivity index (χ3v) is 2.04. The van der Waals surface area contributed by atoms with E-state index in [-0.39, 0.29) is 11.6 Å². The highest BCUT2D eigenvalue weighted by Crippen LogP contribution is 2.15. The third-order valence-electron chi connectivity index (χ3n) is 2.04. The number of ether oxygens (including phenoxy) is 1. The molecule has 2 nitrogen and oxygen atoms in total. The zero-order valence-corrected chi connectivity index (χ0v) is 10.2. The molecule has 0 rings (SSSR count). The van der Waals surface area contributed by atoms with Gasteiger partial charge in [-0.25, -0.2) is 0 Å². The van der Waals surface area contributed by atoms with Gasteiger partial charge in [0.1, 0.15) is 5.60 Å². The third kappa shape index (κ3) is 8.09. The molecule has 0 heterocycles. The fourth-order valence-electron chi connectivity index (χ4n) is 1.39. The zero-order valence-electron chi connectivity index (χ0n) is 10.2. The van der Waals surface area contributed by atoms with E-state index in [1.54, 1.807) is 0 Å². The van der Waals surface area contributed by atoms with E-state index in [1.165, 1.54) is 12.8 Å². The Bertz CT molecular complexity index is 168. The van der Waals surface area contributed by atoms with E-state index < -0.39 is 0 Å². The van der Waals surface area contributed by atoms with Crippen molar-refractivity contribution in [3.05, 3.63) is 0 Å². The predicted octanol–water partition coefficient (Wildman–Crippen LogP) is 3.54. The minimum atomic E-state index is -0.342. The summed E-state index contributed by atoms with van der Waals surface area (Å²) in [6.07, 6.45) is 3.89. The van der Waals surface area contributed by atoms with Gasteiger partial charge in [-0.3, -0.25) is 4.79 Å². The number of esters is 1. The van der Waals surface area contributed by atoms with E-state index >= 15 is 0 Å². The molecule has 0 radical (unpaired) electrons. The van der Waals surface area contributed by atoms with Gasteiger partial charge < -0.3 is 4.74 Å². The summed E-state index contributed by atoms with van der Waals surface area (Å²) in [6.45, 7) is 10.1. The molecular weight excluding hydrogens is 176 g/mol. The van der Waals surface area contributed by atoms with Crippen LogP contribution in [0.2, 0.25) is 0 Å². The van der Waals surface area contributed by atoms with Crippen LogP contribution in [0.25, 0.3) is 0 Å². The van der Waals surface area contributed by atoms with Gasteiger partial charge >= 0.3 is 5.97 Å². The molecule has 0 aliphatic rings. The van der Waals surface area contributed by atoms with Crippen LogP contribution < -0.4 is 0 Å². The largest absolute Gasteiger partial charge is 0.460 e. The van der Waals surface area contributed by atoms with Crippen molar-refractivity contribution < 1.29 is 9.53 Å². The van der Waals surface area contributed by atoms with Crippen molar-refractivity contribution in [2.45, 2.75) is 65.9 Å². The molecule has 1 atom stereocenters. The highest BCUT2D eigenvalue weighted by atomic mass is 16.6. The van der Waals surface area contributed by atoms with Crippen molar-refractivity contribution in [3.63, 3.8) is 0 Å². The van der Waals surface area contributed by atoms with Crippen LogP contribution in [0.15, 0.2) is 0 Å². The number of carbonyl (C=O) groups is 1. The van der Waals surface area contributed by atoms with Gasteiger partial charge in [-0.15, -0.1) is 0 Å². The van der Waals surface area contributed by atoms with Crippen molar-refractivity contribution in [3.8, 4) is 0 Å². The normalized spacial score (nSPS) is 13.8. The van der Waals surface area contributed by atoms with Crippen LogP contribution in [-0.2, 0) is 9.53 Å². The Morgan fingerprint density at radius 3 is 2.29 bits per heavy atom. The highest BCUT2D eigenvalue weighted by Gasteiger charge is 2.16. The molecule has 1 unspecified atom stereocenters. The number of rotatable bonds is 5. The molecule has 2 heteroatoms. The van der Waals surface area contributed by atoms with Crippen molar-refractivity contribution in [2.24, 2.45) is 5.92 Å². The van der Waals surface area contributed by atoms with Crippen molar-refractivity contribution in [2.75, 3.05) is 0 Å². The molecule has 0 fully saturated rings. The maximum Gasteiger partial charge on any atom is 0.306 e. The van der Waals surface area contributed by atoms with Crippen LogP contribution >= 0.6 is 0 Å². The molecule has 0 aromatic rings. The minimum absolute atomic E-state index is 0.0690. The molecular formula is C12H24O2. The Morgan fingerprint density at radius 2 is 1.86 bits per heavy atom. The van der Waals surface area contributed by atoms with E-state index in [2.05, 4.69) is 13.8 Å². The first kappa shape index (κ1) is 13.5.